The van der Waals surface area contributed by atoms with E-state index in [2.05, 4.69) is 9.97 Å². The lowest BCUT2D eigenvalue weighted by Gasteiger charge is -2.39. The second-order valence-electron chi connectivity index (χ2n) is 9.06. The normalized spacial score (nSPS) is 17.5. The summed E-state index contributed by atoms with van der Waals surface area (Å²) in [5, 5.41) is 0. The molecule has 2 amide bonds. The van der Waals surface area contributed by atoms with E-state index in [1.165, 1.54) is 24.9 Å². The summed E-state index contributed by atoms with van der Waals surface area (Å²) in [6.45, 7) is 6.56. The summed E-state index contributed by atoms with van der Waals surface area (Å²) in [5.41, 5.74) is -0.307. The number of hydrogen-bond acceptors (Lipinski definition) is 6. The number of nitrogens with zero attached hydrogens (tertiary/aromatic N) is 4. The second kappa shape index (κ2) is 8.28. The van der Waals surface area contributed by atoms with E-state index in [0.29, 0.717) is 25.9 Å². The van der Waals surface area contributed by atoms with Crippen LogP contribution in [-0.2, 0) is 4.74 Å². The van der Waals surface area contributed by atoms with Crippen LogP contribution in [0.15, 0.2) is 29.3 Å². The molecule has 2 fully saturated rings. The van der Waals surface area contributed by atoms with Crippen LogP contribution in [0.4, 0.5) is 9.18 Å². The molecule has 2 aromatic rings. The fourth-order valence-electron chi connectivity index (χ4n) is 3.85. The quantitative estimate of drug-likeness (QED) is 0.731. The number of amides is 2. The van der Waals surface area contributed by atoms with Crippen molar-refractivity contribution >= 4 is 12.0 Å². The molecule has 0 spiro atoms. The van der Waals surface area contributed by atoms with E-state index in [1.54, 1.807) is 4.90 Å². The summed E-state index contributed by atoms with van der Waals surface area (Å²) in [7, 11) is 0. The van der Waals surface area contributed by atoms with E-state index in [9.17, 15) is 14.0 Å². The fourth-order valence-corrected chi connectivity index (χ4v) is 3.85. The van der Waals surface area contributed by atoms with Crippen molar-refractivity contribution in [3.05, 3.63) is 36.2 Å². The van der Waals surface area contributed by atoms with Crippen LogP contribution in [0.2, 0.25) is 0 Å². The molecule has 8 nitrogen and oxygen atoms in total. The lowest BCUT2D eigenvalue weighted by molar-refractivity contribution is 0.0142. The van der Waals surface area contributed by atoms with E-state index in [-0.39, 0.29) is 41.1 Å². The predicted molar refractivity (Wildman–Crippen MR) is 110 cm³/mol. The van der Waals surface area contributed by atoms with Gasteiger partial charge in [-0.2, -0.15) is 0 Å². The number of pyridine rings is 1. The Hall–Kier alpha value is -2.97. The third-order valence-corrected chi connectivity index (χ3v) is 5.44. The topological polar surface area (TPSA) is 88.8 Å². The zero-order chi connectivity index (χ0) is 22.2. The lowest BCUT2D eigenvalue weighted by atomic mass is 10.0. The summed E-state index contributed by atoms with van der Waals surface area (Å²) in [6, 6.07) is 1.36. The number of ether oxygens (including phenoxy) is 1. The van der Waals surface area contributed by atoms with Gasteiger partial charge in [0.2, 0.25) is 0 Å². The summed E-state index contributed by atoms with van der Waals surface area (Å²) >= 11 is 0. The molecule has 0 N–H and O–H groups in total. The van der Waals surface area contributed by atoms with Crippen LogP contribution in [0.3, 0.4) is 0 Å². The van der Waals surface area contributed by atoms with Gasteiger partial charge < -0.3 is 19.0 Å². The minimum atomic E-state index is -0.627. The van der Waals surface area contributed by atoms with Crippen LogP contribution in [0.25, 0.3) is 11.5 Å². The zero-order valence-corrected chi connectivity index (χ0v) is 18.0. The summed E-state index contributed by atoms with van der Waals surface area (Å²) in [6.07, 6.45) is 6.82. The van der Waals surface area contributed by atoms with Gasteiger partial charge in [0.25, 0.3) is 5.91 Å². The highest BCUT2D eigenvalue weighted by Gasteiger charge is 2.40. The second-order valence-corrected chi connectivity index (χ2v) is 9.06. The molecule has 1 aliphatic heterocycles. The molecule has 1 saturated heterocycles. The molecule has 9 heteroatoms. The first-order valence-electron chi connectivity index (χ1n) is 10.6. The van der Waals surface area contributed by atoms with Crippen molar-refractivity contribution in [2.75, 3.05) is 13.1 Å². The van der Waals surface area contributed by atoms with Crippen molar-refractivity contribution in [2.24, 2.45) is 0 Å². The third kappa shape index (κ3) is 4.86. The molecule has 0 radical (unpaired) electrons. The molecule has 0 aromatic carbocycles. The number of rotatable bonds is 4. The maximum atomic E-state index is 14.6. The van der Waals surface area contributed by atoms with E-state index in [1.807, 2.05) is 25.7 Å². The molecule has 3 heterocycles. The van der Waals surface area contributed by atoms with Crippen LogP contribution >= 0.6 is 0 Å². The number of carbonyl (C=O) groups excluding carboxylic acids is 2. The van der Waals surface area contributed by atoms with Crippen LogP contribution in [-0.4, -0.2) is 62.5 Å². The van der Waals surface area contributed by atoms with Crippen LogP contribution in [0, 0.1) is 5.82 Å². The van der Waals surface area contributed by atoms with Crippen LogP contribution in [0.5, 0.6) is 0 Å². The molecule has 0 atom stereocenters. The summed E-state index contributed by atoms with van der Waals surface area (Å²) < 4.78 is 25.1. The molecule has 166 valence electrons. The van der Waals surface area contributed by atoms with Gasteiger partial charge in [0, 0.05) is 31.4 Å². The van der Waals surface area contributed by atoms with Gasteiger partial charge in [0.15, 0.2) is 18.0 Å². The van der Waals surface area contributed by atoms with Gasteiger partial charge >= 0.3 is 6.09 Å². The standard InChI is InChI=1S/C22H27FN4O4/c1-22(2,3)31-21(29)26-8-6-16(7-9-26)27(15-4-5-15)20(28)14-10-17(23)19(25-11-14)18-12-24-13-30-18/h10-13,15-16H,4-9H2,1-3H3. The largest absolute Gasteiger partial charge is 0.444 e. The molecule has 2 aliphatic rings. The Kier molecular flexibility index (Phi) is 5.68. The highest BCUT2D eigenvalue weighted by atomic mass is 19.1. The molecular formula is C22H27FN4O4. The molecule has 0 unspecified atom stereocenters. The van der Waals surface area contributed by atoms with Gasteiger partial charge in [-0.25, -0.2) is 19.2 Å². The summed E-state index contributed by atoms with van der Waals surface area (Å²) in [5.74, 6) is -0.642. The zero-order valence-electron chi connectivity index (χ0n) is 18.0. The first kappa shape index (κ1) is 21.3. The number of carbonyl (C=O) groups is 2. The SMILES string of the molecule is CC(C)(C)OC(=O)N1CCC(N(C(=O)c2cnc(-c3cnco3)c(F)c2)C2CC2)CC1. The Morgan fingerprint density at radius 1 is 1.16 bits per heavy atom. The minimum Gasteiger partial charge on any atom is -0.444 e. The van der Waals surface area contributed by atoms with Gasteiger partial charge in [-0.1, -0.05) is 0 Å². The van der Waals surface area contributed by atoms with Gasteiger partial charge in [-0.05, 0) is 52.5 Å². The van der Waals surface area contributed by atoms with E-state index in [4.69, 9.17) is 9.15 Å². The highest BCUT2D eigenvalue weighted by Crippen LogP contribution is 2.34. The fraction of sp³-hybridized carbons (Fsp3) is 0.545. The number of oxazole rings is 1. The van der Waals surface area contributed by atoms with Crippen molar-refractivity contribution in [1.29, 1.82) is 0 Å². The molecule has 0 bridgehead atoms. The average molecular weight is 430 g/mol. The van der Waals surface area contributed by atoms with E-state index < -0.39 is 11.4 Å². The van der Waals surface area contributed by atoms with Crippen molar-refractivity contribution in [2.45, 2.75) is 64.1 Å². The molecular weight excluding hydrogens is 403 g/mol. The Bertz CT molecular complexity index is 945. The smallest absolute Gasteiger partial charge is 0.410 e. The van der Waals surface area contributed by atoms with Crippen molar-refractivity contribution in [3.63, 3.8) is 0 Å². The minimum absolute atomic E-state index is 0.00398. The van der Waals surface area contributed by atoms with E-state index >= 15 is 0 Å². The predicted octanol–water partition coefficient (Wildman–Crippen LogP) is 3.88. The lowest BCUT2D eigenvalue weighted by Crippen LogP contribution is -2.50. The molecule has 2 aromatic heterocycles. The molecule has 4 rings (SSSR count). The number of halogens is 1. The van der Waals surface area contributed by atoms with Crippen molar-refractivity contribution in [3.8, 4) is 11.5 Å². The first-order valence-corrected chi connectivity index (χ1v) is 10.6. The Morgan fingerprint density at radius 2 is 1.84 bits per heavy atom. The Labute approximate surface area is 180 Å². The molecule has 1 aliphatic carbocycles. The van der Waals surface area contributed by atoms with Gasteiger partial charge in [0.1, 0.15) is 11.3 Å². The molecule has 1 saturated carbocycles. The number of piperidine rings is 1. The third-order valence-electron chi connectivity index (χ3n) is 5.44. The van der Waals surface area contributed by atoms with Gasteiger partial charge in [0.05, 0.1) is 11.8 Å². The number of aromatic nitrogens is 2. The van der Waals surface area contributed by atoms with Gasteiger partial charge in [-0.15, -0.1) is 0 Å². The number of likely N-dealkylation sites (tertiary alicyclic amines) is 1. The monoisotopic (exact) mass is 430 g/mol. The number of hydrogen-bond donors (Lipinski definition) is 0. The van der Waals surface area contributed by atoms with Crippen LogP contribution < -0.4 is 0 Å². The molecule has 31 heavy (non-hydrogen) atoms. The van der Waals surface area contributed by atoms with Crippen molar-refractivity contribution < 1.29 is 23.1 Å². The maximum absolute atomic E-state index is 14.6. The Balaban J connectivity index is 1.45. The highest BCUT2D eigenvalue weighted by molar-refractivity contribution is 5.95. The summed E-state index contributed by atoms with van der Waals surface area (Å²) in [4.78, 5) is 37.0. The Morgan fingerprint density at radius 3 is 2.39 bits per heavy atom. The van der Waals surface area contributed by atoms with E-state index in [0.717, 1.165) is 12.8 Å². The first-order chi connectivity index (χ1) is 14.7. The maximum Gasteiger partial charge on any atom is 0.410 e. The van der Waals surface area contributed by atoms with Gasteiger partial charge in [-0.3, -0.25) is 4.79 Å². The average Bonchev–Trinajstić information content (AvgIpc) is 3.39. The van der Waals surface area contributed by atoms with Crippen molar-refractivity contribution in [1.82, 2.24) is 19.8 Å². The van der Waals surface area contributed by atoms with Crippen LogP contribution in [0.1, 0.15) is 56.8 Å².